The Bertz CT molecular complexity index is 1330. The zero-order chi connectivity index (χ0) is 22.7. The van der Waals surface area contributed by atoms with Crippen molar-refractivity contribution in [3.63, 3.8) is 0 Å². The summed E-state index contributed by atoms with van der Waals surface area (Å²) in [5.41, 5.74) is 1.12. The smallest absolute Gasteiger partial charge is 0.260 e. The number of furan rings is 1. The summed E-state index contributed by atoms with van der Waals surface area (Å²) < 4.78 is 36.1. The molecule has 7 nitrogen and oxygen atoms in total. The number of fused-ring (bicyclic) bond motifs is 1. The summed E-state index contributed by atoms with van der Waals surface area (Å²) in [5.74, 6) is 1.05. The number of amides is 1. The maximum atomic E-state index is 13.4. The molecule has 0 radical (unpaired) electrons. The molecular formula is C23H22N2O5S2. The van der Waals surface area contributed by atoms with E-state index in [0.29, 0.717) is 23.1 Å². The van der Waals surface area contributed by atoms with Gasteiger partial charge in [-0.25, -0.2) is 13.4 Å². The fraction of sp³-hybridized carbons (Fsp3) is 0.217. The molecule has 9 heteroatoms. The lowest BCUT2D eigenvalue weighted by atomic mass is 10.2. The molecule has 4 rings (SSSR count). The maximum Gasteiger partial charge on any atom is 0.260 e. The highest BCUT2D eigenvalue weighted by atomic mass is 32.2. The number of carbonyl (C=O) groups excluding carboxylic acids is 1. The van der Waals surface area contributed by atoms with E-state index in [1.165, 1.54) is 40.5 Å². The number of ether oxygens (including phenoxy) is 1. The second kappa shape index (κ2) is 9.13. The molecule has 0 N–H and O–H groups in total. The van der Waals surface area contributed by atoms with Gasteiger partial charge in [-0.15, -0.1) is 0 Å². The van der Waals surface area contributed by atoms with Crippen LogP contribution in [0.4, 0.5) is 5.13 Å². The van der Waals surface area contributed by atoms with Gasteiger partial charge in [-0.05, 0) is 61.5 Å². The predicted molar refractivity (Wildman–Crippen MR) is 124 cm³/mol. The van der Waals surface area contributed by atoms with Crippen LogP contribution in [-0.4, -0.2) is 31.7 Å². The normalized spacial score (nSPS) is 11.6. The lowest BCUT2D eigenvalue weighted by Crippen LogP contribution is -2.30. The second-order valence-corrected chi connectivity index (χ2v) is 10.2. The van der Waals surface area contributed by atoms with Crippen LogP contribution < -0.4 is 9.64 Å². The van der Waals surface area contributed by atoms with E-state index in [-0.39, 0.29) is 23.1 Å². The van der Waals surface area contributed by atoms with Crippen LogP contribution >= 0.6 is 11.3 Å². The van der Waals surface area contributed by atoms with Gasteiger partial charge in [0.05, 0.1) is 40.3 Å². The number of aromatic nitrogens is 1. The van der Waals surface area contributed by atoms with Gasteiger partial charge in [0.25, 0.3) is 5.91 Å². The largest absolute Gasteiger partial charge is 0.494 e. The minimum absolute atomic E-state index is 0.000347. The van der Waals surface area contributed by atoms with Crippen molar-refractivity contribution < 1.29 is 22.4 Å². The van der Waals surface area contributed by atoms with Crippen molar-refractivity contribution >= 4 is 42.4 Å². The van der Waals surface area contributed by atoms with Crippen LogP contribution in [-0.2, 0) is 16.4 Å². The Labute approximate surface area is 190 Å². The van der Waals surface area contributed by atoms with Crippen LogP contribution in [0.2, 0.25) is 0 Å². The number of sulfone groups is 1. The molecule has 0 aliphatic heterocycles. The zero-order valence-electron chi connectivity index (χ0n) is 17.6. The number of nitrogens with zero attached hydrogens (tertiary/aromatic N) is 2. The first-order valence-electron chi connectivity index (χ1n) is 10.1. The molecule has 1 amide bonds. The molecule has 0 fully saturated rings. The molecule has 0 bridgehead atoms. The third-order valence-corrected chi connectivity index (χ3v) is 7.66. The average Bonchev–Trinajstić information content (AvgIpc) is 3.46. The molecule has 2 aromatic heterocycles. The molecule has 0 saturated carbocycles. The van der Waals surface area contributed by atoms with Crippen LogP contribution in [0.1, 0.15) is 30.0 Å². The number of carbonyl (C=O) groups is 1. The van der Waals surface area contributed by atoms with E-state index in [0.717, 1.165) is 16.0 Å². The van der Waals surface area contributed by atoms with Crippen LogP contribution in [0.15, 0.2) is 70.2 Å². The molecule has 0 aliphatic rings. The van der Waals surface area contributed by atoms with Gasteiger partial charge >= 0.3 is 0 Å². The highest BCUT2D eigenvalue weighted by Crippen LogP contribution is 2.33. The number of benzene rings is 2. The lowest BCUT2D eigenvalue weighted by Gasteiger charge is -2.19. The van der Waals surface area contributed by atoms with Crippen molar-refractivity contribution in [1.82, 2.24) is 4.98 Å². The molecule has 4 aromatic rings. The van der Waals surface area contributed by atoms with Crippen molar-refractivity contribution in [2.24, 2.45) is 0 Å². The van der Waals surface area contributed by atoms with E-state index in [9.17, 15) is 13.2 Å². The van der Waals surface area contributed by atoms with Crippen molar-refractivity contribution in [2.75, 3.05) is 17.3 Å². The average molecular weight is 471 g/mol. The van der Waals surface area contributed by atoms with Gasteiger partial charge in [0.1, 0.15) is 11.5 Å². The van der Waals surface area contributed by atoms with Gasteiger partial charge in [0, 0.05) is 5.56 Å². The minimum Gasteiger partial charge on any atom is -0.494 e. The van der Waals surface area contributed by atoms with Crippen molar-refractivity contribution in [3.05, 3.63) is 72.2 Å². The van der Waals surface area contributed by atoms with Gasteiger partial charge in [-0.2, -0.15) is 0 Å². The Hall–Kier alpha value is -3.17. The van der Waals surface area contributed by atoms with E-state index in [4.69, 9.17) is 9.15 Å². The van der Waals surface area contributed by atoms with Crippen molar-refractivity contribution in [3.8, 4) is 5.75 Å². The van der Waals surface area contributed by atoms with E-state index in [1.54, 1.807) is 25.3 Å². The Morgan fingerprint density at radius 2 is 1.91 bits per heavy atom. The summed E-state index contributed by atoms with van der Waals surface area (Å²) in [4.78, 5) is 19.8. The standard InChI is InChI=1S/C23H22N2O5S2/c1-3-29-17-9-12-20-21(14-17)31-23(24-20)25(15-18-6-5-13-30-18)22(26)16-7-10-19(11-8-16)32(27,28)4-2/h5-14H,3-4,15H2,1-2H3. The SMILES string of the molecule is CCOc1ccc2nc(N(Cc3ccco3)C(=O)c3ccc(S(=O)(=O)CC)cc3)sc2c1. The quantitative estimate of drug-likeness (QED) is 0.363. The fourth-order valence-electron chi connectivity index (χ4n) is 3.18. The molecule has 0 atom stereocenters. The Morgan fingerprint density at radius 3 is 2.56 bits per heavy atom. The summed E-state index contributed by atoms with van der Waals surface area (Å²) in [6.07, 6.45) is 1.55. The summed E-state index contributed by atoms with van der Waals surface area (Å²) >= 11 is 1.38. The summed E-state index contributed by atoms with van der Waals surface area (Å²) in [7, 11) is -3.34. The summed E-state index contributed by atoms with van der Waals surface area (Å²) in [5, 5.41) is 0.514. The van der Waals surface area contributed by atoms with E-state index in [2.05, 4.69) is 4.98 Å². The predicted octanol–water partition coefficient (Wildman–Crippen LogP) is 4.93. The highest BCUT2D eigenvalue weighted by molar-refractivity contribution is 7.91. The zero-order valence-corrected chi connectivity index (χ0v) is 19.3. The maximum absolute atomic E-state index is 13.4. The van der Waals surface area contributed by atoms with Gasteiger partial charge in [0.15, 0.2) is 15.0 Å². The summed E-state index contributed by atoms with van der Waals surface area (Å²) in [6.45, 7) is 4.26. The fourth-order valence-corrected chi connectivity index (χ4v) is 5.05. The number of hydrogen-bond acceptors (Lipinski definition) is 7. The first kappa shape index (κ1) is 22.0. The van der Waals surface area contributed by atoms with Gasteiger partial charge in [-0.3, -0.25) is 9.69 Å². The third kappa shape index (κ3) is 4.53. The topological polar surface area (TPSA) is 89.7 Å². The minimum atomic E-state index is -3.34. The van der Waals surface area contributed by atoms with Crippen LogP contribution in [0, 0.1) is 0 Å². The number of hydrogen-bond donors (Lipinski definition) is 0. The molecule has 0 saturated heterocycles. The Morgan fingerprint density at radius 1 is 1.12 bits per heavy atom. The van der Waals surface area contributed by atoms with Crippen LogP contribution in [0.25, 0.3) is 10.2 Å². The molecule has 166 valence electrons. The second-order valence-electron chi connectivity index (χ2n) is 6.96. The summed E-state index contributed by atoms with van der Waals surface area (Å²) in [6, 6.07) is 15.1. The monoisotopic (exact) mass is 470 g/mol. The number of thiazole rings is 1. The Balaban J connectivity index is 1.71. The Kier molecular flexibility index (Phi) is 6.29. The molecule has 0 spiro atoms. The van der Waals surface area contributed by atoms with E-state index in [1.807, 2.05) is 25.1 Å². The molecule has 2 heterocycles. The van der Waals surface area contributed by atoms with Gasteiger partial charge in [0.2, 0.25) is 0 Å². The third-order valence-electron chi connectivity index (χ3n) is 4.87. The number of anilines is 1. The molecule has 0 aliphatic carbocycles. The first-order chi connectivity index (χ1) is 15.4. The molecule has 0 unspecified atom stereocenters. The van der Waals surface area contributed by atoms with Crippen LogP contribution in [0.5, 0.6) is 5.75 Å². The van der Waals surface area contributed by atoms with Crippen molar-refractivity contribution in [1.29, 1.82) is 0 Å². The van der Waals surface area contributed by atoms with E-state index >= 15 is 0 Å². The number of rotatable bonds is 8. The molecule has 32 heavy (non-hydrogen) atoms. The molecule has 2 aromatic carbocycles. The van der Waals surface area contributed by atoms with E-state index < -0.39 is 9.84 Å². The molecular weight excluding hydrogens is 448 g/mol. The van der Waals surface area contributed by atoms with Gasteiger partial charge in [-0.1, -0.05) is 18.3 Å². The van der Waals surface area contributed by atoms with Crippen LogP contribution in [0.3, 0.4) is 0 Å². The highest BCUT2D eigenvalue weighted by Gasteiger charge is 2.23. The first-order valence-corrected chi connectivity index (χ1v) is 12.6. The van der Waals surface area contributed by atoms with Gasteiger partial charge < -0.3 is 9.15 Å². The van der Waals surface area contributed by atoms with Crippen molar-refractivity contribution in [2.45, 2.75) is 25.3 Å². The lowest BCUT2D eigenvalue weighted by molar-refractivity contribution is 0.0983.